The second kappa shape index (κ2) is 13.4. The van der Waals surface area contributed by atoms with Gasteiger partial charge in [-0.3, -0.25) is 24.6 Å². The van der Waals surface area contributed by atoms with Gasteiger partial charge in [-0.2, -0.15) is 0 Å². The summed E-state index contributed by atoms with van der Waals surface area (Å²) in [5.74, 6) is -3.88. The summed E-state index contributed by atoms with van der Waals surface area (Å²) in [6.45, 7) is 8.85. The molecule has 1 aromatic rings. The third-order valence-electron chi connectivity index (χ3n) is 6.30. The third-order valence-corrected chi connectivity index (χ3v) is 6.30. The lowest BCUT2D eigenvalue weighted by molar-refractivity contribution is -0.206. The number of carbonyl (C=O) groups excluding carboxylic acids is 4. The molecule has 0 saturated heterocycles. The van der Waals surface area contributed by atoms with E-state index in [1.807, 2.05) is 0 Å². The molecule has 1 aliphatic rings. The first-order chi connectivity index (χ1) is 18.5. The zero-order valence-corrected chi connectivity index (χ0v) is 23.5. The summed E-state index contributed by atoms with van der Waals surface area (Å²) in [5.41, 5.74) is 5.33. The van der Waals surface area contributed by atoms with Gasteiger partial charge in [0, 0.05) is 25.0 Å². The maximum absolute atomic E-state index is 13.0. The summed E-state index contributed by atoms with van der Waals surface area (Å²) in [6.07, 6.45) is -4.18. The lowest BCUT2D eigenvalue weighted by atomic mass is 9.85. The number of ether oxygens (including phenoxy) is 3. The topological polar surface area (TPSA) is 207 Å². The van der Waals surface area contributed by atoms with E-state index in [0.29, 0.717) is 5.56 Å². The number of esters is 2. The average molecular weight is 563 g/mol. The van der Waals surface area contributed by atoms with E-state index in [0.717, 1.165) is 13.8 Å². The molecule has 1 aliphatic carbocycles. The number of hydrogen-bond donors (Lipinski definition) is 5. The maximum Gasteiger partial charge on any atom is 0.333 e. The summed E-state index contributed by atoms with van der Waals surface area (Å²) in [7, 11) is 0. The minimum absolute atomic E-state index is 0.147. The molecule has 13 heteroatoms. The Bertz CT molecular complexity index is 1130. The fraction of sp³-hybridized carbons (Fsp3) is 0.556. The number of rotatable bonds is 10. The Morgan fingerprint density at radius 2 is 1.50 bits per heavy atom. The monoisotopic (exact) mass is 562 g/mol. The molecule has 6 atom stereocenters. The van der Waals surface area contributed by atoms with E-state index in [9.17, 15) is 29.1 Å². The van der Waals surface area contributed by atoms with Gasteiger partial charge in [0.1, 0.15) is 11.9 Å². The van der Waals surface area contributed by atoms with Crippen molar-refractivity contribution < 1.29 is 43.3 Å². The second-order valence-corrected chi connectivity index (χ2v) is 10.8. The lowest BCUT2D eigenvalue weighted by Crippen LogP contribution is -2.61. The van der Waals surface area contributed by atoms with E-state index in [-0.39, 0.29) is 24.2 Å². The number of carboxylic acids is 1. The standard InChI is InChI=1S/C27H38N4O9/c1-13(30-25(35)17-9-7-16(8-10-17)23(28)29)24(34)31-18-11-12-19(40-22(26(36)37)27(4,5)6)21(39-15(3)33)20(18)38-14(2)32/h7-10,13,18-22H,11-12H2,1-6H3,(H3,28,29)(H,30,35)(H,31,34)(H,36,37)/t13-,18?,19?,20?,21?,22?/m0/s1. The molecular weight excluding hydrogens is 524 g/mol. The fourth-order valence-electron chi connectivity index (χ4n) is 4.35. The van der Waals surface area contributed by atoms with E-state index in [1.165, 1.54) is 31.2 Å². The highest BCUT2D eigenvalue weighted by atomic mass is 16.6. The van der Waals surface area contributed by atoms with Gasteiger partial charge >= 0.3 is 17.9 Å². The molecular formula is C27H38N4O9. The minimum Gasteiger partial charge on any atom is -0.479 e. The van der Waals surface area contributed by atoms with Gasteiger partial charge in [-0.25, -0.2) is 4.79 Å². The van der Waals surface area contributed by atoms with Crippen molar-refractivity contribution in [2.75, 3.05) is 0 Å². The lowest BCUT2D eigenvalue weighted by Gasteiger charge is -2.43. The fourth-order valence-corrected chi connectivity index (χ4v) is 4.35. The van der Waals surface area contributed by atoms with Crippen LogP contribution in [0.15, 0.2) is 24.3 Å². The normalized spacial score (nSPS) is 22.2. The Balaban J connectivity index is 2.21. The molecule has 40 heavy (non-hydrogen) atoms. The molecule has 1 saturated carbocycles. The second-order valence-electron chi connectivity index (χ2n) is 10.8. The van der Waals surface area contributed by atoms with Crippen molar-refractivity contribution in [3.8, 4) is 0 Å². The van der Waals surface area contributed by atoms with Crippen LogP contribution in [-0.2, 0) is 33.4 Å². The van der Waals surface area contributed by atoms with Crippen molar-refractivity contribution in [1.29, 1.82) is 5.41 Å². The van der Waals surface area contributed by atoms with Gasteiger partial charge < -0.3 is 35.7 Å². The SMILES string of the molecule is CC(=O)OC1C(NC(=O)[C@H](C)NC(=O)c2ccc(C(=N)N)cc2)CCC(OC(C(=O)O)C(C)(C)C)C1OC(C)=O. The summed E-state index contributed by atoms with van der Waals surface area (Å²) in [5, 5.41) is 22.5. The van der Waals surface area contributed by atoms with Crippen molar-refractivity contribution >= 4 is 35.6 Å². The number of carboxylic acid groups (broad SMARTS) is 1. The molecule has 220 valence electrons. The number of aliphatic carboxylic acids is 1. The number of amides is 2. The van der Waals surface area contributed by atoms with Gasteiger partial charge in [-0.15, -0.1) is 0 Å². The largest absolute Gasteiger partial charge is 0.479 e. The first kappa shape index (κ1) is 32.2. The molecule has 0 spiro atoms. The molecule has 2 amide bonds. The molecule has 2 rings (SSSR count). The van der Waals surface area contributed by atoms with Gasteiger partial charge in [0.25, 0.3) is 5.91 Å². The maximum atomic E-state index is 13.0. The van der Waals surface area contributed by atoms with Crippen LogP contribution in [0.25, 0.3) is 0 Å². The van der Waals surface area contributed by atoms with Crippen LogP contribution in [0.5, 0.6) is 0 Å². The zero-order valence-electron chi connectivity index (χ0n) is 23.5. The van der Waals surface area contributed by atoms with Crippen LogP contribution in [-0.4, -0.2) is 77.2 Å². The number of nitrogen functional groups attached to an aromatic ring is 1. The molecule has 5 unspecified atom stereocenters. The summed E-state index contributed by atoms with van der Waals surface area (Å²) >= 11 is 0. The van der Waals surface area contributed by atoms with Crippen LogP contribution in [0, 0.1) is 10.8 Å². The van der Waals surface area contributed by atoms with E-state index >= 15 is 0 Å². The van der Waals surface area contributed by atoms with Crippen molar-refractivity contribution in [1.82, 2.24) is 10.6 Å². The van der Waals surface area contributed by atoms with Gasteiger partial charge in [0.05, 0.1) is 12.1 Å². The van der Waals surface area contributed by atoms with E-state index in [1.54, 1.807) is 20.8 Å². The molecule has 1 aromatic carbocycles. The van der Waals surface area contributed by atoms with Crippen molar-refractivity contribution in [2.24, 2.45) is 11.1 Å². The summed E-state index contributed by atoms with van der Waals surface area (Å²) < 4.78 is 16.8. The molecule has 13 nitrogen and oxygen atoms in total. The average Bonchev–Trinajstić information content (AvgIpc) is 2.83. The first-order valence-electron chi connectivity index (χ1n) is 12.8. The Hall–Kier alpha value is -4.00. The number of nitrogens with one attached hydrogen (secondary N) is 3. The van der Waals surface area contributed by atoms with Crippen LogP contribution < -0.4 is 16.4 Å². The molecule has 0 aliphatic heterocycles. The van der Waals surface area contributed by atoms with E-state index < -0.39 is 71.6 Å². The molecule has 0 aromatic heterocycles. The van der Waals surface area contributed by atoms with Crippen LogP contribution >= 0.6 is 0 Å². The van der Waals surface area contributed by atoms with Crippen molar-refractivity contribution in [3.05, 3.63) is 35.4 Å². The number of hydrogen-bond acceptors (Lipinski definition) is 9. The van der Waals surface area contributed by atoms with Gasteiger partial charge in [-0.05, 0) is 37.3 Å². The Morgan fingerprint density at radius 1 is 0.975 bits per heavy atom. The molecule has 0 radical (unpaired) electrons. The van der Waals surface area contributed by atoms with E-state index in [2.05, 4.69) is 10.6 Å². The molecule has 0 bridgehead atoms. The predicted octanol–water partition coefficient (Wildman–Crippen LogP) is 1.12. The summed E-state index contributed by atoms with van der Waals surface area (Å²) in [6, 6.07) is 4.14. The number of nitrogens with two attached hydrogens (primary N) is 1. The molecule has 1 fully saturated rings. The van der Waals surface area contributed by atoms with Crippen LogP contribution in [0.2, 0.25) is 0 Å². The highest BCUT2D eigenvalue weighted by molar-refractivity contribution is 5.99. The van der Waals surface area contributed by atoms with Crippen molar-refractivity contribution in [2.45, 2.75) is 90.9 Å². The highest BCUT2D eigenvalue weighted by Gasteiger charge is 2.48. The van der Waals surface area contributed by atoms with Gasteiger partial charge in [0.15, 0.2) is 18.3 Å². The highest BCUT2D eigenvalue weighted by Crippen LogP contribution is 2.32. The van der Waals surface area contributed by atoms with Gasteiger partial charge in [-0.1, -0.05) is 32.9 Å². The first-order valence-corrected chi connectivity index (χ1v) is 12.8. The minimum atomic E-state index is -1.25. The smallest absolute Gasteiger partial charge is 0.333 e. The number of benzene rings is 1. The quantitative estimate of drug-likeness (QED) is 0.156. The third kappa shape index (κ3) is 8.76. The zero-order chi connectivity index (χ0) is 30.4. The Kier molecular flexibility index (Phi) is 10.8. The van der Waals surface area contributed by atoms with Crippen LogP contribution in [0.1, 0.15) is 70.3 Å². The van der Waals surface area contributed by atoms with Crippen LogP contribution in [0.3, 0.4) is 0 Å². The Labute approximate surface area is 232 Å². The van der Waals surface area contributed by atoms with E-state index in [4.69, 9.17) is 25.4 Å². The Morgan fingerprint density at radius 3 is 1.98 bits per heavy atom. The molecule has 6 N–H and O–H groups in total. The van der Waals surface area contributed by atoms with Crippen molar-refractivity contribution in [3.63, 3.8) is 0 Å². The van der Waals surface area contributed by atoms with Crippen LogP contribution in [0.4, 0.5) is 0 Å². The number of carbonyl (C=O) groups is 5. The predicted molar refractivity (Wildman–Crippen MR) is 142 cm³/mol. The molecule has 0 heterocycles. The number of amidine groups is 1. The summed E-state index contributed by atoms with van der Waals surface area (Å²) in [4.78, 5) is 61.5. The van der Waals surface area contributed by atoms with Gasteiger partial charge in [0.2, 0.25) is 5.91 Å².